The molecule has 0 bridgehead atoms. The Morgan fingerprint density at radius 2 is 2.00 bits per heavy atom. The highest BCUT2D eigenvalue weighted by atomic mass is 19.4. The number of hydrogen-bond acceptors (Lipinski definition) is 3. The van der Waals surface area contributed by atoms with Gasteiger partial charge in [-0.2, -0.15) is 18.2 Å². The smallest absolute Gasteiger partial charge is 0.431 e. The zero-order chi connectivity index (χ0) is 10.3. The highest BCUT2D eigenvalue weighted by Gasteiger charge is 2.37. The van der Waals surface area contributed by atoms with Crippen LogP contribution in [0.25, 0.3) is 11.2 Å². The summed E-state index contributed by atoms with van der Waals surface area (Å²) in [4.78, 5) is 6.39. The Labute approximate surface area is 74.4 Å². The van der Waals surface area contributed by atoms with Gasteiger partial charge in [-0.05, 0) is 0 Å². The van der Waals surface area contributed by atoms with E-state index in [4.69, 9.17) is 0 Å². The van der Waals surface area contributed by atoms with E-state index in [1.165, 1.54) is 0 Å². The second-order valence-electron chi connectivity index (χ2n) is 2.49. The lowest BCUT2D eigenvalue weighted by molar-refractivity contribution is -0.156. The summed E-state index contributed by atoms with van der Waals surface area (Å²) in [5.74, 6) is -2.20. The maximum atomic E-state index is 12.5. The minimum atomic E-state index is -4.68. The molecule has 0 saturated heterocycles. The standard InChI is InChI=1S/C7H2F4N2O/c8-3-1-4-5(12-2-3)13-6(14-4)7(9,10)11/h1-2H. The van der Waals surface area contributed by atoms with Crippen LogP contribution in [0.2, 0.25) is 0 Å². The van der Waals surface area contributed by atoms with Gasteiger partial charge >= 0.3 is 12.1 Å². The number of fused-ring (bicyclic) bond motifs is 1. The van der Waals surface area contributed by atoms with Crippen LogP contribution in [0.4, 0.5) is 17.6 Å². The third kappa shape index (κ3) is 1.40. The Hall–Kier alpha value is -1.66. The molecule has 2 heterocycles. The predicted octanol–water partition coefficient (Wildman–Crippen LogP) is 2.38. The highest BCUT2D eigenvalue weighted by Crippen LogP contribution is 2.30. The Balaban J connectivity index is 2.63. The molecule has 0 aliphatic carbocycles. The first-order chi connectivity index (χ1) is 6.47. The molecule has 3 nitrogen and oxygen atoms in total. The van der Waals surface area contributed by atoms with Gasteiger partial charge < -0.3 is 4.42 Å². The summed E-state index contributed by atoms with van der Waals surface area (Å²) >= 11 is 0. The molecular formula is C7H2F4N2O. The van der Waals surface area contributed by atoms with Crippen LogP contribution in [0.15, 0.2) is 16.7 Å². The van der Waals surface area contributed by atoms with Gasteiger partial charge in [0, 0.05) is 6.07 Å². The second-order valence-corrected chi connectivity index (χ2v) is 2.49. The zero-order valence-corrected chi connectivity index (χ0v) is 6.47. The van der Waals surface area contributed by atoms with Crippen molar-refractivity contribution in [2.75, 3.05) is 0 Å². The van der Waals surface area contributed by atoms with Crippen LogP contribution >= 0.6 is 0 Å². The number of rotatable bonds is 0. The maximum absolute atomic E-state index is 12.5. The van der Waals surface area contributed by atoms with E-state index in [0.717, 1.165) is 12.3 Å². The molecule has 0 N–H and O–H groups in total. The fourth-order valence-electron chi connectivity index (χ4n) is 0.917. The fraction of sp³-hybridized carbons (Fsp3) is 0.143. The molecule has 2 aromatic rings. The molecule has 0 radical (unpaired) electrons. The summed E-state index contributed by atoms with van der Waals surface area (Å²) in [7, 11) is 0. The SMILES string of the molecule is Fc1cnc2nc(C(F)(F)F)oc2c1. The van der Waals surface area contributed by atoms with Crippen molar-refractivity contribution in [3.63, 3.8) is 0 Å². The summed E-state index contributed by atoms with van der Waals surface area (Å²) in [5.41, 5.74) is -0.587. The van der Waals surface area contributed by atoms with Crippen LogP contribution in [0.3, 0.4) is 0 Å². The average molecular weight is 206 g/mol. The van der Waals surface area contributed by atoms with Gasteiger partial charge in [-0.25, -0.2) is 9.37 Å². The van der Waals surface area contributed by atoms with Gasteiger partial charge in [0.15, 0.2) is 11.2 Å². The Bertz CT molecular complexity index is 476. The topological polar surface area (TPSA) is 38.9 Å². The van der Waals surface area contributed by atoms with Crippen LogP contribution in [-0.2, 0) is 6.18 Å². The van der Waals surface area contributed by atoms with Crippen LogP contribution in [0.1, 0.15) is 5.89 Å². The summed E-state index contributed by atoms with van der Waals surface area (Å²) < 4.78 is 52.9. The third-order valence-corrected chi connectivity index (χ3v) is 1.46. The van der Waals surface area contributed by atoms with E-state index in [1.807, 2.05) is 0 Å². The maximum Gasteiger partial charge on any atom is 0.469 e. The van der Waals surface area contributed by atoms with Crippen LogP contribution in [-0.4, -0.2) is 9.97 Å². The van der Waals surface area contributed by atoms with Crippen molar-refractivity contribution < 1.29 is 22.0 Å². The molecule has 0 aliphatic rings. The van der Waals surface area contributed by atoms with Crippen molar-refractivity contribution >= 4 is 11.2 Å². The van der Waals surface area contributed by atoms with E-state index in [1.54, 1.807) is 0 Å². The zero-order valence-electron chi connectivity index (χ0n) is 6.47. The minimum Gasteiger partial charge on any atom is -0.431 e. The van der Waals surface area contributed by atoms with Crippen molar-refractivity contribution in [3.8, 4) is 0 Å². The van der Waals surface area contributed by atoms with Gasteiger partial charge in [0.05, 0.1) is 6.20 Å². The lowest BCUT2D eigenvalue weighted by Gasteiger charge is -1.96. The van der Waals surface area contributed by atoms with Crippen LogP contribution in [0.5, 0.6) is 0 Å². The number of oxazole rings is 1. The van der Waals surface area contributed by atoms with E-state index in [0.29, 0.717) is 0 Å². The molecule has 7 heteroatoms. The van der Waals surface area contributed by atoms with Crippen molar-refractivity contribution in [1.82, 2.24) is 9.97 Å². The predicted molar refractivity (Wildman–Crippen MR) is 36.8 cm³/mol. The molecule has 0 spiro atoms. The molecule has 2 aromatic heterocycles. The lowest BCUT2D eigenvalue weighted by atomic mass is 10.4. The van der Waals surface area contributed by atoms with Gasteiger partial charge in [0.25, 0.3) is 0 Å². The third-order valence-electron chi connectivity index (χ3n) is 1.46. The van der Waals surface area contributed by atoms with Gasteiger partial charge in [-0.15, -0.1) is 0 Å². The van der Waals surface area contributed by atoms with E-state index in [2.05, 4.69) is 14.4 Å². The lowest BCUT2D eigenvalue weighted by Crippen LogP contribution is -2.04. The van der Waals surface area contributed by atoms with E-state index in [-0.39, 0.29) is 11.2 Å². The number of halogens is 4. The molecule has 0 unspecified atom stereocenters. The normalized spacial score (nSPS) is 12.3. The Kier molecular flexibility index (Phi) is 1.70. The van der Waals surface area contributed by atoms with Crippen LogP contribution < -0.4 is 0 Å². The molecule has 0 fully saturated rings. The number of alkyl halides is 3. The highest BCUT2D eigenvalue weighted by molar-refractivity contribution is 5.67. The number of pyridine rings is 1. The quantitative estimate of drug-likeness (QED) is 0.621. The van der Waals surface area contributed by atoms with E-state index in [9.17, 15) is 17.6 Å². The van der Waals surface area contributed by atoms with Gasteiger partial charge in [-0.1, -0.05) is 0 Å². The molecule has 0 saturated carbocycles. The molecule has 0 atom stereocenters. The first kappa shape index (κ1) is 8.92. The van der Waals surface area contributed by atoms with Crippen molar-refractivity contribution in [3.05, 3.63) is 24.0 Å². The summed E-state index contributed by atoms with van der Waals surface area (Å²) in [5, 5.41) is 0. The van der Waals surface area contributed by atoms with Crippen LogP contribution in [0, 0.1) is 5.82 Å². The largest absolute Gasteiger partial charge is 0.469 e. The second kappa shape index (κ2) is 2.66. The first-order valence-electron chi connectivity index (χ1n) is 3.46. The molecule has 2 rings (SSSR count). The van der Waals surface area contributed by atoms with Crippen molar-refractivity contribution in [1.29, 1.82) is 0 Å². The number of nitrogens with zero attached hydrogens (tertiary/aromatic N) is 2. The minimum absolute atomic E-state index is 0.265. The van der Waals surface area contributed by atoms with Gasteiger partial charge in [0.2, 0.25) is 0 Å². The van der Waals surface area contributed by atoms with E-state index >= 15 is 0 Å². The monoisotopic (exact) mass is 206 g/mol. The average Bonchev–Trinajstić information content (AvgIpc) is 2.45. The molecular weight excluding hydrogens is 204 g/mol. The molecule has 0 aliphatic heterocycles. The molecule has 0 aromatic carbocycles. The Morgan fingerprint density at radius 1 is 1.29 bits per heavy atom. The van der Waals surface area contributed by atoms with Crippen molar-refractivity contribution in [2.45, 2.75) is 6.18 Å². The van der Waals surface area contributed by atoms with Gasteiger partial charge in [-0.3, -0.25) is 0 Å². The summed E-state index contributed by atoms with van der Waals surface area (Å²) in [6, 6.07) is 0.796. The number of aromatic nitrogens is 2. The first-order valence-corrected chi connectivity index (χ1v) is 3.46. The molecule has 74 valence electrons. The van der Waals surface area contributed by atoms with Gasteiger partial charge in [0.1, 0.15) is 5.82 Å². The molecule has 14 heavy (non-hydrogen) atoms. The fourth-order valence-corrected chi connectivity index (χ4v) is 0.917. The molecule has 0 amide bonds. The Morgan fingerprint density at radius 3 is 2.64 bits per heavy atom. The number of hydrogen-bond donors (Lipinski definition) is 0. The van der Waals surface area contributed by atoms with E-state index < -0.39 is 17.9 Å². The summed E-state index contributed by atoms with van der Waals surface area (Å²) in [6.07, 6.45) is -3.91. The van der Waals surface area contributed by atoms with Crippen molar-refractivity contribution in [2.24, 2.45) is 0 Å². The summed E-state index contributed by atoms with van der Waals surface area (Å²) in [6.45, 7) is 0.